The van der Waals surface area contributed by atoms with E-state index >= 15 is 0 Å². The summed E-state index contributed by atoms with van der Waals surface area (Å²) in [5.74, 6) is 0.497. The smallest absolute Gasteiger partial charge is 0.345 e. The van der Waals surface area contributed by atoms with Crippen molar-refractivity contribution in [1.29, 1.82) is 0 Å². The van der Waals surface area contributed by atoms with Crippen LogP contribution in [-0.4, -0.2) is 38.8 Å². The predicted octanol–water partition coefficient (Wildman–Crippen LogP) is 2.14. The molecular formula is C15H16N4O3. The highest BCUT2D eigenvalue weighted by Crippen LogP contribution is 2.37. The van der Waals surface area contributed by atoms with E-state index in [0.29, 0.717) is 19.0 Å². The number of rotatable bonds is 4. The quantitative estimate of drug-likeness (QED) is 0.865. The van der Waals surface area contributed by atoms with Crippen LogP contribution in [0, 0.1) is 0 Å². The Kier molecular flexibility index (Phi) is 3.27. The summed E-state index contributed by atoms with van der Waals surface area (Å²) in [7, 11) is 0. The van der Waals surface area contributed by atoms with E-state index < -0.39 is 0 Å². The van der Waals surface area contributed by atoms with Gasteiger partial charge in [-0.2, -0.15) is 5.06 Å². The van der Waals surface area contributed by atoms with Gasteiger partial charge >= 0.3 is 6.03 Å². The Bertz CT molecular complexity index is 646. The number of aromatic nitrogens is 2. The Morgan fingerprint density at radius 3 is 2.91 bits per heavy atom. The molecule has 4 rings (SSSR count). The predicted molar refractivity (Wildman–Crippen MR) is 75.2 cm³/mol. The SMILES string of the molecule is O=C1N(OCc2ccccc2)C2CC[C@@H](c3nnco3)N1C2. The minimum absolute atomic E-state index is 0.0929. The van der Waals surface area contributed by atoms with Crippen molar-refractivity contribution in [2.75, 3.05) is 6.54 Å². The van der Waals surface area contributed by atoms with Crippen LogP contribution in [-0.2, 0) is 11.4 Å². The monoisotopic (exact) mass is 300 g/mol. The third-order valence-electron chi connectivity index (χ3n) is 4.20. The highest BCUT2D eigenvalue weighted by atomic mass is 16.7. The largest absolute Gasteiger partial charge is 0.426 e. The normalized spacial score (nSPS) is 24.1. The summed E-state index contributed by atoms with van der Waals surface area (Å²) in [5, 5.41) is 9.14. The minimum Gasteiger partial charge on any atom is -0.426 e. The molecule has 2 aliphatic heterocycles. The standard InChI is InChI=1S/C15H16N4O3/c20-15-18-8-12(6-7-13(18)14-17-16-10-21-14)19(15)22-9-11-4-2-1-3-5-11/h1-5,10,12-13H,6-9H2/t12?,13-/m0/s1. The Balaban J connectivity index is 1.46. The fraction of sp³-hybridized carbons (Fsp3) is 0.400. The number of nitrogens with zero attached hydrogens (tertiary/aromatic N) is 4. The van der Waals surface area contributed by atoms with Gasteiger partial charge in [-0.05, 0) is 18.4 Å². The molecule has 22 heavy (non-hydrogen) atoms. The van der Waals surface area contributed by atoms with Gasteiger partial charge in [-0.15, -0.1) is 10.2 Å². The fourth-order valence-corrected chi connectivity index (χ4v) is 3.10. The van der Waals surface area contributed by atoms with Crippen molar-refractivity contribution >= 4 is 6.03 Å². The van der Waals surface area contributed by atoms with Crippen LogP contribution < -0.4 is 0 Å². The molecule has 2 fully saturated rings. The van der Waals surface area contributed by atoms with E-state index in [-0.39, 0.29) is 18.1 Å². The molecular weight excluding hydrogens is 284 g/mol. The van der Waals surface area contributed by atoms with Gasteiger partial charge in [0.05, 0.1) is 6.04 Å². The Labute approximate surface area is 127 Å². The first-order valence-corrected chi connectivity index (χ1v) is 7.35. The molecule has 0 radical (unpaired) electrons. The number of carbonyl (C=O) groups excluding carboxylic acids is 1. The minimum atomic E-state index is -0.142. The molecule has 0 saturated carbocycles. The van der Waals surface area contributed by atoms with Crippen molar-refractivity contribution in [2.24, 2.45) is 0 Å². The molecule has 1 unspecified atom stereocenters. The van der Waals surface area contributed by atoms with Gasteiger partial charge in [0.2, 0.25) is 12.3 Å². The van der Waals surface area contributed by atoms with E-state index in [4.69, 9.17) is 9.25 Å². The molecule has 3 heterocycles. The lowest BCUT2D eigenvalue weighted by Crippen LogP contribution is -2.34. The number of amides is 2. The van der Waals surface area contributed by atoms with E-state index in [1.54, 1.807) is 4.90 Å². The lowest BCUT2D eigenvalue weighted by Gasteiger charge is -2.27. The highest BCUT2D eigenvalue weighted by Gasteiger charge is 2.47. The molecule has 0 N–H and O–H groups in total. The summed E-state index contributed by atoms with van der Waals surface area (Å²) in [6, 6.07) is 9.66. The first-order valence-electron chi connectivity index (χ1n) is 7.35. The maximum Gasteiger partial charge on any atom is 0.345 e. The molecule has 7 heteroatoms. The molecule has 0 aliphatic carbocycles. The van der Waals surface area contributed by atoms with Crippen LogP contribution in [0.15, 0.2) is 41.1 Å². The molecule has 0 spiro atoms. The van der Waals surface area contributed by atoms with Crippen molar-refractivity contribution in [3.8, 4) is 0 Å². The third-order valence-corrected chi connectivity index (χ3v) is 4.20. The Hall–Kier alpha value is -2.41. The molecule has 2 aliphatic rings. The van der Waals surface area contributed by atoms with Gasteiger partial charge < -0.3 is 9.32 Å². The summed E-state index contributed by atoms with van der Waals surface area (Å²) < 4.78 is 5.26. The molecule has 2 bridgehead atoms. The third kappa shape index (κ3) is 2.23. The van der Waals surface area contributed by atoms with E-state index in [2.05, 4.69) is 10.2 Å². The molecule has 2 aromatic rings. The topological polar surface area (TPSA) is 71.7 Å². The second-order valence-electron chi connectivity index (χ2n) is 5.54. The van der Waals surface area contributed by atoms with Crippen LogP contribution in [0.3, 0.4) is 0 Å². The average molecular weight is 300 g/mol. The van der Waals surface area contributed by atoms with Crippen molar-refractivity contribution in [1.82, 2.24) is 20.2 Å². The Morgan fingerprint density at radius 1 is 1.27 bits per heavy atom. The van der Waals surface area contributed by atoms with Crippen LogP contribution >= 0.6 is 0 Å². The second kappa shape index (κ2) is 5.42. The zero-order valence-electron chi connectivity index (χ0n) is 12.0. The van der Waals surface area contributed by atoms with Crippen LogP contribution in [0.25, 0.3) is 0 Å². The molecule has 1 aromatic carbocycles. The number of fused-ring (bicyclic) bond motifs is 2. The maximum absolute atomic E-state index is 12.6. The zero-order chi connectivity index (χ0) is 14.9. The summed E-state index contributed by atoms with van der Waals surface area (Å²) >= 11 is 0. The van der Waals surface area contributed by atoms with E-state index in [0.717, 1.165) is 18.4 Å². The summed E-state index contributed by atoms with van der Waals surface area (Å²) in [6.07, 6.45) is 2.97. The van der Waals surface area contributed by atoms with Crippen molar-refractivity contribution < 1.29 is 14.0 Å². The molecule has 2 atom stereocenters. The zero-order valence-corrected chi connectivity index (χ0v) is 12.0. The molecule has 114 valence electrons. The van der Waals surface area contributed by atoms with Crippen LogP contribution in [0.2, 0.25) is 0 Å². The van der Waals surface area contributed by atoms with Gasteiger partial charge in [0.15, 0.2) is 0 Å². The molecule has 1 aromatic heterocycles. The van der Waals surface area contributed by atoms with Gasteiger partial charge in [-0.3, -0.25) is 4.84 Å². The number of hydrogen-bond donors (Lipinski definition) is 0. The fourth-order valence-electron chi connectivity index (χ4n) is 3.10. The number of piperidine rings is 1. The number of carbonyl (C=O) groups is 1. The average Bonchev–Trinajstić information content (AvgIpc) is 3.17. The van der Waals surface area contributed by atoms with Gasteiger partial charge in [-0.1, -0.05) is 30.3 Å². The maximum atomic E-state index is 12.6. The second-order valence-corrected chi connectivity index (χ2v) is 5.54. The van der Waals surface area contributed by atoms with Crippen molar-refractivity contribution in [3.63, 3.8) is 0 Å². The lowest BCUT2D eigenvalue weighted by molar-refractivity contribution is -0.140. The van der Waals surface area contributed by atoms with Crippen LogP contribution in [0.4, 0.5) is 4.79 Å². The van der Waals surface area contributed by atoms with E-state index in [1.165, 1.54) is 11.5 Å². The lowest BCUT2D eigenvalue weighted by atomic mass is 10.0. The van der Waals surface area contributed by atoms with Gasteiger partial charge in [0.1, 0.15) is 12.6 Å². The van der Waals surface area contributed by atoms with Crippen molar-refractivity contribution in [3.05, 3.63) is 48.2 Å². The van der Waals surface area contributed by atoms with Gasteiger partial charge in [0, 0.05) is 6.54 Å². The highest BCUT2D eigenvalue weighted by molar-refractivity contribution is 5.77. The van der Waals surface area contributed by atoms with Crippen molar-refractivity contribution in [2.45, 2.75) is 31.5 Å². The molecule has 7 nitrogen and oxygen atoms in total. The summed E-state index contributed by atoms with van der Waals surface area (Å²) in [4.78, 5) is 20.1. The molecule has 2 amide bonds. The van der Waals surface area contributed by atoms with Crippen LogP contribution in [0.1, 0.15) is 30.3 Å². The first kappa shape index (κ1) is 13.3. The number of hydrogen-bond acceptors (Lipinski definition) is 5. The Morgan fingerprint density at radius 2 is 2.14 bits per heavy atom. The van der Waals surface area contributed by atoms with E-state index in [9.17, 15) is 4.79 Å². The van der Waals surface area contributed by atoms with E-state index in [1.807, 2.05) is 30.3 Å². The number of urea groups is 1. The van der Waals surface area contributed by atoms with Gasteiger partial charge in [0.25, 0.3) is 0 Å². The van der Waals surface area contributed by atoms with Crippen LogP contribution in [0.5, 0.6) is 0 Å². The summed E-state index contributed by atoms with van der Waals surface area (Å²) in [6.45, 7) is 1.03. The molecule has 2 saturated heterocycles. The number of benzene rings is 1. The first-order chi connectivity index (χ1) is 10.8. The number of hydroxylamine groups is 2. The summed E-state index contributed by atoms with van der Waals surface area (Å²) in [5.41, 5.74) is 1.04. The van der Waals surface area contributed by atoms with Gasteiger partial charge in [-0.25, -0.2) is 4.79 Å².